The summed E-state index contributed by atoms with van der Waals surface area (Å²) in [6.45, 7) is 0. The molecule has 4 heteroatoms. The first kappa shape index (κ1) is 9.28. The topological polar surface area (TPSA) is 82.7 Å². The highest BCUT2D eigenvalue weighted by molar-refractivity contribution is 5.97. The van der Waals surface area contributed by atoms with Crippen LogP contribution in [0.5, 0.6) is 0 Å². The standard InChI is InChI=1S/C11H9N3O/c12-4-3-8-6-14-10-2-1-7(11(13)15)5-9(8)10/h1-2,5-6,14H,3H2,(H2,13,15). The Morgan fingerprint density at radius 2 is 2.33 bits per heavy atom. The van der Waals surface area contributed by atoms with Gasteiger partial charge in [-0.2, -0.15) is 5.26 Å². The van der Waals surface area contributed by atoms with Crippen molar-refractivity contribution in [3.63, 3.8) is 0 Å². The van der Waals surface area contributed by atoms with Crippen LogP contribution in [0, 0.1) is 11.3 Å². The molecule has 0 atom stereocenters. The molecular weight excluding hydrogens is 190 g/mol. The normalized spacial score (nSPS) is 10.1. The molecule has 0 aliphatic rings. The summed E-state index contributed by atoms with van der Waals surface area (Å²) >= 11 is 0. The number of carbonyl (C=O) groups is 1. The number of aromatic amines is 1. The van der Waals surface area contributed by atoms with Crippen LogP contribution in [0.25, 0.3) is 10.9 Å². The van der Waals surface area contributed by atoms with Gasteiger partial charge in [0.15, 0.2) is 0 Å². The summed E-state index contributed by atoms with van der Waals surface area (Å²) in [4.78, 5) is 14.0. The van der Waals surface area contributed by atoms with Crippen molar-refractivity contribution in [2.24, 2.45) is 5.73 Å². The van der Waals surface area contributed by atoms with E-state index in [-0.39, 0.29) is 0 Å². The Kier molecular flexibility index (Phi) is 2.14. The molecule has 0 spiro atoms. The average Bonchev–Trinajstić information content (AvgIpc) is 2.61. The maximum Gasteiger partial charge on any atom is 0.248 e. The Morgan fingerprint density at radius 3 is 3.00 bits per heavy atom. The molecule has 0 aliphatic carbocycles. The molecule has 0 fully saturated rings. The van der Waals surface area contributed by atoms with E-state index in [2.05, 4.69) is 11.1 Å². The van der Waals surface area contributed by atoms with E-state index in [1.165, 1.54) is 0 Å². The smallest absolute Gasteiger partial charge is 0.248 e. The number of carbonyl (C=O) groups excluding carboxylic acids is 1. The van der Waals surface area contributed by atoms with Crippen molar-refractivity contribution in [2.45, 2.75) is 6.42 Å². The van der Waals surface area contributed by atoms with Crippen LogP contribution in [0.4, 0.5) is 0 Å². The molecule has 2 aromatic rings. The average molecular weight is 199 g/mol. The third-order valence-corrected chi connectivity index (χ3v) is 2.32. The van der Waals surface area contributed by atoms with Gasteiger partial charge in [0.1, 0.15) is 0 Å². The molecule has 0 saturated carbocycles. The Labute approximate surface area is 86.3 Å². The van der Waals surface area contributed by atoms with E-state index in [0.29, 0.717) is 12.0 Å². The number of fused-ring (bicyclic) bond motifs is 1. The molecule has 1 aromatic heterocycles. The molecule has 0 bridgehead atoms. The first-order valence-electron chi connectivity index (χ1n) is 4.49. The van der Waals surface area contributed by atoms with Gasteiger partial charge in [-0.3, -0.25) is 4.79 Å². The predicted molar refractivity (Wildman–Crippen MR) is 56.1 cm³/mol. The number of aromatic nitrogens is 1. The molecule has 0 unspecified atom stereocenters. The first-order chi connectivity index (χ1) is 7.22. The Morgan fingerprint density at radius 1 is 1.53 bits per heavy atom. The molecular formula is C11H9N3O. The van der Waals surface area contributed by atoms with Crippen LogP contribution in [0.1, 0.15) is 15.9 Å². The monoisotopic (exact) mass is 199 g/mol. The zero-order valence-electron chi connectivity index (χ0n) is 7.95. The van der Waals surface area contributed by atoms with Crippen LogP contribution < -0.4 is 5.73 Å². The number of hydrogen-bond acceptors (Lipinski definition) is 2. The van der Waals surface area contributed by atoms with Crippen molar-refractivity contribution in [2.75, 3.05) is 0 Å². The largest absolute Gasteiger partial charge is 0.366 e. The molecule has 1 amide bonds. The zero-order valence-corrected chi connectivity index (χ0v) is 7.95. The van der Waals surface area contributed by atoms with Crippen molar-refractivity contribution in [1.82, 2.24) is 4.98 Å². The third-order valence-electron chi connectivity index (χ3n) is 2.32. The van der Waals surface area contributed by atoms with E-state index in [4.69, 9.17) is 11.0 Å². The van der Waals surface area contributed by atoms with Gasteiger partial charge in [0.25, 0.3) is 0 Å². The van der Waals surface area contributed by atoms with Crippen LogP contribution in [0.3, 0.4) is 0 Å². The van der Waals surface area contributed by atoms with Gasteiger partial charge < -0.3 is 10.7 Å². The number of primary amides is 1. The van der Waals surface area contributed by atoms with E-state index in [1.807, 2.05) is 0 Å². The van der Waals surface area contributed by atoms with Gasteiger partial charge in [-0.05, 0) is 23.8 Å². The summed E-state index contributed by atoms with van der Waals surface area (Å²) in [6.07, 6.45) is 2.10. The predicted octanol–water partition coefficient (Wildman–Crippen LogP) is 1.33. The number of rotatable bonds is 2. The number of nitrogens with zero attached hydrogens (tertiary/aromatic N) is 1. The van der Waals surface area contributed by atoms with Crippen LogP contribution in [0.15, 0.2) is 24.4 Å². The van der Waals surface area contributed by atoms with E-state index in [9.17, 15) is 4.79 Å². The fourth-order valence-corrected chi connectivity index (χ4v) is 1.56. The fraction of sp³-hybridized carbons (Fsp3) is 0.0909. The molecule has 1 aromatic carbocycles. The number of nitrogens with one attached hydrogen (secondary N) is 1. The highest BCUT2D eigenvalue weighted by Crippen LogP contribution is 2.19. The second-order valence-electron chi connectivity index (χ2n) is 3.27. The Balaban J connectivity index is 2.62. The van der Waals surface area contributed by atoms with Crippen molar-refractivity contribution >= 4 is 16.8 Å². The molecule has 1 heterocycles. The SMILES string of the molecule is N#CCc1c[nH]c2ccc(C(N)=O)cc12. The number of H-pyrrole nitrogens is 1. The fourth-order valence-electron chi connectivity index (χ4n) is 1.56. The van der Waals surface area contributed by atoms with E-state index >= 15 is 0 Å². The van der Waals surface area contributed by atoms with E-state index < -0.39 is 5.91 Å². The number of benzene rings is 1. The molecule has 4 nitrogen and oxygen atoms in total. The number of nitrogens with two attached hydrogens (primary N) is 1. The van der Waals surface area contributed by atoms with Gasteiger partial charge in [0.05, 0.1) is 12.5 Å². The highest BCUT2D eigenvalue weighted by atomic mass is 16.1. The summed E-state index contributed by atoms with van der Waals surface area (Å²) in [5.74, 6) is -0.457. The summed E-state index contributed by atoms with van der Waals surface area (Å²) in [5, 5.41) is 9.50. The summed E-state index contributed by atoms with van der Waals surface area (Å²) < 4.78 is 0. The van der Waals surface area contributed by atoms with Crippen molar-refractivity contribution in [3.8, 4) is 6.07 Å². The lowest BCUT2D eigenvalue weighted by Gasteiger charge is -1.96. The minimum absolute atomic E-state index is 0.322. The summed E-state index contributed by atoms with van der Waals surface area (Å²) in [5.41, 5.74) is 7.44. The molecule has 0 radical (unpaired) electrons. The maximum atomic E-state index is 11.0. The van der Waals surface area contributed by atoms with Gasteiger partial charge in [-0.15, -0.1) is 0 Å². The lowest BCUT2D eigenvalue weighted by molar-refractivity contribution is 0.100. The Hall–Kier alpha value is -2.28. The van der Waals surface area contributed by atoms with Crippen LogP contribution >= 0.6 is 0 Å². The van der Waals surface area contributed by atoms with Crippen LogP contribution in [-0.4, -0.2) is 10.9 Å². The summed E-state index contributed by atoms with van der Waals surface area (Å²) in [6, 6.07) is 7.24. The quantitative estimate of drug-likeness (QED) is 0.764. The van der Waals surface area contributed by atoms with E-state index in [1.54, 1.807) is 24.4 Å². The molecule has 0 saturated heterocycles. The highest BCUT2D eigenvalue weighted by Gasteiger charge is 2.06. The molecule has 15 heavy (non-hydrogen) atoms. The second kappa shape index (κ2) is 3.46. The lowest BCUT2D eigenvalue weighted by atomic mass is 10.1. The van der Waals surface area contributed by atoms with Gasteiger partial charge in [-0.25, -0.2) is 0 Å². The maximum absolute atomic E-state index is 11.0. The van der Waals surface area contributed by atoms with Crippen molar-refractivity contribution in [3.05, 3.63) is 35.5 Å². The van der Waals surface area contributed by atoms with Crippen molar-refractivity contribution in [1.29, 1.82) is 5.26 Å². The van der Waals surface area contributed by atoms with Gasteiger partial charge in [-0.1, -0.05) is 0 Å². The lowest BCUT2D eigenvalue weighted by Crippen LogP contribution is -2.10. The molecule has 0 aliphatic heterocycles. The number of amides is 1. The Bertz CT molecular complexity index is 563. The van der Waals surface area contributed by atoms with Gasteiger partial charge >= 0.3 is 0 Å². The number of nitriles is 1. The molecule has 3 N–H and O–H groups in total. The number of hydrogen-bond donors (Lipinski definition) is 2. The van der Waals surface area contributed by atoms with Gasteiger partial charge in [0, 0.05) is 22.7 Å². The second-order valence-corrected chi connectivity index (χ2v) is 3.27. The first-order valence-corrected chi connectivity index (χ1v) is 4.49. The van der Waals surface area contributed by atoms with Crippen LogP contribution in [0.2, 0.25) is 0 Å². The minimum Gasteiger partial charge on any atom is -0.366 e. The minimum atomic E-state index is -0.457. The van der Waals surface area contributed by atoms with Crippen molar-refractivity contribution < 1.29 is 4.79 Å². The van der Waals surface area contributed by atoms with Gasteiger partial charge in [0.2, 0.25) is 5.91 Å². The molecule has 2 rings (SSSR count). The molecule has 74 valence electrons. The van der Waals surface area contributed by atoms with E-state index in [0.717, 1.165) is 16.5 Å². The third kappa shape index (κ3) is 1.55. The summed E-state index contributed by atoms with van der Waals surface area (Å²) in [7, 11) is 0. The van der Waals surface area contributed by atoms with Crippen LogP contribution in [-0.2, 0) is 6.42 Å². The zero-order chi connectivity index (χ0) is 10.8.